The Morgan fingerprint density at radius 1 is 1.60 bits per heavy atom. The van der Waals surface area contributed by atoms with E-state index < -0.39 is 4.92 Å². The maximum atomic E-state index is 10.9. The van der Waals surface area contributed by atoms with Crippen LogP contribution in [0.4, 0.5) is 0 Å². The van der Waals surface area contributed by atoms with Gasteiger partial charge in [-0.3, -0.25) is 10.1 Å². The Labute approximate surface area is 120 Å². The second-order valence-corrected chi connectivity index (χ2v) is 4.60. The van der Waals surface area contributed by atoms with Gasteiger partial charge in [-0.1, -0.05) is 6.92 Å². The second kappa shape index (κ2) is 9.50. The number of nitrogens with zero attached hydrogens (tertiary/aromatic N) is 1. The van der Waals surface area contributed by atoms with Gasteiger partial charge in [-0.05, 0) is 38.3 Å². The van der Waals surface area contributed by atoms with Crippen molar-refractivity contribution in [3.63, 3.8) is 0 Å². The molecule has 0 aromatic heterocycles. The molecule has 1 aliphatic heterocycles. The van der Waals surface area contributed by atoms with Crippen LogP contribution in [0.1, 0.15) is 33.1 Å². The van der Waals surface area contributed by atoms with E-state index in [2.05, 4.69) is 5.32 Å². The van der Waals surface area contributed by atoms with E-state index in [1.807, 2.05) is 6.92 Å². The van der Waals surface area contributed by atoms with Crippen molar-refractivity contribution in [1.82, 2.24) is 5.32 Å². The molecular formula is C14H24N2O4. The molecular weight excluding hydrogens is 260 g/mol. The van der Waals surface area contributed by atoms with Crippen LogP contribution in [-0.4, -0.2) is 37.3 Å². The number of hydrogen-bond donors (Lipinski definition) is 1. The van der Waals surface area contributed by atoms with Crippen LogP contribution in [0, 0.1) is 10.1 Å². The molecule has 1 unspecified atom stereocenters. The molecule has 1 heterocycles. The lowest BCUT2D eigenvalue weighted by Crippen LogP contribution is -2.29. The number of ether oxygens (including phenoxy) is 2. The van der Waals surface area contributed by atoms with E-state index >= 15 is 0 Å². The van der Waals surface area contributed by atoms with Crippen LogP contribution in [0.5, 0.6) is 0 Å². The van der Waals surface area contributed by atoms with Gasteiger partial charge in [-0.15, -0.1) is 0 Å². The van der Waals surface area contributed by atoms with E-state index in [1.165, 1.54) is 6.08 Å². The van der Waals surface area contributed by atoms with Crippen LogP contribution in [-0.2, 0) is 9.47 Å². The number of nitrogens with one attached hydrogen (secondary N) is 1. The van der Waals surface area contributed by atoms with Crippen molar-refractivity contribution in [2.75, 3.05) is 26.3 Å². The minimum absolute atomic E-state index is 0.0194. The number of hydrogen-bond acceptors (Lipinski definition) is 5. The van der Waals surface area contributed by atoms with Crippen molar-refractivity contribution in [3.8, 4) is 0 Å². The third-order valence-corrected chi connectivity index (χ3v) is 3.04. The van der Waals surface area contributed by atoms with E-state index in [4.69, 9.17) is 9.47 Å². The minimum Gasteiger partial charge on any atom is -0.486 e. The molecule has 0 radical (unpaired) electrons. The normalized spacial score (nSPS) is 20.2. The fraction of sp³-hybridized carbons (Fsp3) is 0.714. The van der Waals surface area contributed by atoms with Gasteiger partial charge >= 0.3 is 5.70 Å². The van der Waals surface area contributed by atoms with E-state index in [0.29, 0.717) is 31.4 Å². The summed E-state index contributed by atoms with van der Waals surface area (Å²) in [5, 5.41) is 14.1. The molecule has 6 nitrogen and oxygen atoms in total. The Hall–Kier alpha value is -1.40. The fourth-order valence-electron chi connectivity index (χ4n) is 2.06. The summed E-state index contributed by atoms with van der Waals surface area (Å²) >= 11 is 0. The van der Waals surface area contributed by atoms with Crippen LogP contribution in [0.15, 0.2) is 23.6 Å². The highest BCUT2D eigenvalue weighted by atomic mass is 16.6. The van der Waals surface area contributed by atoms with Gasteiger partial charge in [-0.2, -0.15) is 0 Å². The summed E-state index contributed by atoms with van der Waals surface area (Å²) in [5.41, 5.74) is 0.0194. The Morgan fingerprint density at radius 3 is 2.95 bits per heavy atom. The molecule has 6 heteroatoms. The fourth-order valence-corrected chi connectivity index (χ4v) is 2.06. The van der Waals surface area contributed by atoms with Gasteiger partial charge in [0.2, 0.25) is 0 Å². The maximum absolute atomic E-state index is 10.9. The van der Waals surface area contributed by atoms with Crippen molar-refractivity contribution < 1.29 is 14.4 Å². The largest absolute Gasteiger partial charge is 0.486 e. The zero-order valence-electron chi connectivity index (χ0n) is 12.3. The standard InChI is InChI=1S/C14H24N2O4/c1-3-6-14(13(4-2)16(17)18)20-10-8-15-11-12-7-5-9-19-12/h4,6,12,15H,3,5,7-11H2,1-2H3/b13-4+,14-6+. The average molecular weight is 284 g/mol. The van der Waals surface area contributed by atoms with E-state index in [0.717, 1.165) is 26.0 Å². The summed E-state index contributed by atoms with van der Waals surface area (Å²) in [6.45, 7) is 6.27. The topological polar surface area (TPSA) is 73.6 Å². The molecule has 0 saturated carbocycles. The first-order valence-corrected chi connectivity index (χ1v) is 7.15. The van der Waals surface area contributed by atoms with E-state index in [-0.39, 0.29) is 5.70 Å². The van der Waals surface area contributed by atoms with Crippen LogP contribution >= 0.6 is 0 Å². The smallest absolute Gasteiger partial charge is 0.306 e. The second-order valence-electron chi connectivity index (χ2n) is 4.60. The third kappa shape index (κ3) is 5.71. The zero-order valence-corrected chi connectivity index (χ0v) is 12.3. The molecule has 1 fully saturated rings. The molecule has 114 valence electrons. The summed E-state index contributed by atoms with van der Waals surface area (Å²) in [5.74, 6) is 0.346. The van der Waals surface area contributed by atoms with Crippen LogP contribution < -0.4 is 5.32 Å². The van der Waals surface area contributed by atoms with Gasteiger partial charge in [0.05, 0.1) is 11.0 Å². The lowest BCUT2D eigenvalue weighted by atomic mass is 10.2. The Bertz CT molecular complexity index is 360. The zero-order chi connectivity index (χ0) is 14.8. The first-order chi connectivity index (χ1) is 9.69. The molecule has 1 saturated heterocycles. The van der Waals surface area contributed by atoms with Crippen molar-refractivity contribution >= 4 is 0 Å². The van der Waals surface area contributed by atoms with E-state index in [9.17, 15) is 10.1 Å². The van der Waals surface area contributed by atoms with Gasteiger partial charge in [0.1, 0.15) is 6.61 Å². The quantitative estimate of drug-likeness (QED) is 0.231. The first-order valence-electron chi connectivity index (χ1n) is 7.15. The average Bonchev–Trinajstić information content (AvgIpc) is 2.91. The van der Waals surface area contributed by atoms with Gasteiger partial charge in [0.15, 0.2) is 5.76 Å². The van der Waals surface area contributed by atoms with Crippen LogP contribution in [0.2, 0.25) is 0 Å². The predicted octanol–water partition coefficient (Wildman–Crippen LogP) is 2.25. The van der Waals surface area contributed by atoms with E-state index in [1.54, 1.807) is 13.0 Å². The highest BCUT2D eigenvalue weighted by Crippen LogP contribution is 2.13. The van der Waals surface area contributed by atoms with Gasteiger partial charge in [0, 0.05) is 19.7 Å². The molecule has 0 bridgehead atoms. The molecule has 1 N–H and O–H groups in total. The molecule has 0 aromatic carbocycles. The van der Waals surface area contributed by atoms with Gasteiger partial charge in [0.25, 0.3) is 0 Å². The van der Waals surface area contributed by atoms with Crippen molar-refractivity contribution in [2.45, 2.75) is 39.2 Å². The van der Waals surface area contributed by atoms with Crippen LogP contribution in [0.25, 0.3) is 0 Å². The molecule has 0 amide bonds. The lowest BCUT2D eigenvalue weighted by Gasteiger charge is -2.12. The highest BCUT2D eigenvalue weighted by molar-refractivity contribution is 5.18. The highest BCUT2D eigenvalue weighted by Gasteiger charge is 2.17. The maximum Gasteiger partial charge on any atom is 0.306 e. The lowest BCUT2D eigenvalue weighted by molar-refractivity contribution is -0.424. The summed E-state index contributed by atoms with van der Waals surface area (Å²) in [6, 6.07) is 0. The summed E-state index contributed by atoms with van der Waals surface area (Å²) in [7, 11) is 0. The van der Waals surface area contributed by atoms with Gasteiger partial charge < -0.3 is 14.8 Å². The van der Waals surface area contributed by atoms with Crippen molar-refractivity contribution in [2.24, 2.45) is 0 Å². The Balaban J connectivity index is 2.28. The Kier molecular flexibility index (Phi) is 7.91. The van der Waals surface area contributed by atoms with Gasteiger partial charge in [-0.25, -0.2) is 0 Å². The molecule has 0 aliphatic carbocycles. The van der Waals surface area contributed by atoms with Crippen molar-refractivity contribution in [1.29, 1.82) is 0 Å². The number of rotatable bonds is 9. The summed E-state index contributed by atoms with van der Waals surface area (Å²) in [6.07, 6.45) is 6.41. The SMILES string of the molecule is C/C=C(\C(=C/CC)OCCNCC1CCCO1)[N+](=O)[O-]. The molecule has 0 spiro atoms. The predicted molar refractivity (Wildman–Crippen MR) is 76.9 cm³/mol. The minimum atomic E-state index is -0.415. The summed E-state index contributed by atoms with van der Waals surface area (Å²) < 4.78 is 11.0. The number of allylic oxidation sites excluding steroid dienone is 2. The number of nitro groups is 1. The molecule has 1 aliphatic rings. The molecule has 20 heavy (non-hydrogen) atoms. The van der Waals surface area contributed by atoms with Crippen molar-refractivity contribution in [3.05, 3.63) is 33.7 Å². The summed E-state index contributed by atoms with van der Waals surface area (Å²) in [4.78, 5) is 10.5. The van der Waals surface area contributed by atoms with Crippen LogP contribution in [0.3, 0.4) is 0 Å². The third-order valence-electron chi connectivity index (χ3n) is 3.04. The monoisotopic (exact) mass is 284 g/mol. The molecule has 1 atom stereocenters. The molecule has 0 aromatic rings. The Morgan fingerprint density at radius 2 is 2.40 bits per heavy atom. The molecule has 1 rings (SSSR count). The first kappa shape index (κ1) is 16.7.